The fraction of sp³-hybridized carbons (Fsp3) is 0.562. The van der Waals surface area contributed by atoms with Crippen molar-refractivity contribution in [2.24, 2.45) is 0 Å². The van der Waals surface area contributed by atoms with Gasteiger partial charge in [0.25, 0.3) is 10.2 Å². The van der Waals surface area contributed by atoms with E-state index in [1.54, 1.807) is 19.2 Å². The van der Waals surface area contributed by atoms with Gasteiger partial charge in [0, 0.05) is 34.7 Å². The number of hydrogen-bond donors (Lipinski definition) is 0. The van der Waals surface area contributed by atoms with Crippen LogP contribution in [0.1, 0.15) is 5.56 Å². The molecule has 0 aliphatic carbocycles. The minimum atomic E-state index is -3.65. The molecule has 0 aliphatic rings. The Hall–Kier alpha value is -2.04. The van der Waals surface area contributed by atoms with Crippen molar-refractivity contribution in [2.75, 3.05) is 56.1 Å². The first-order valence-electron chi connectivity index (χ1n) is 7.75. The summed E-state index contributed by atoms with van der Waals surface area (Å²) >= 11 is 0. The van der Waals surface area contributed by atoms with Gasteiger partial charge < -0.3 is 19.1 Å². The summed E-state index contributed by atoms with van der Waals surface area (Å²) in [5.74, 6) is 1.08. The average Bonchev–Trinajstić information content (AvgIpc) is 2.60. The van der Waals surface area contributed by atoms with Crippen LogP contribution in [0, 0.1) is 0 Å². The Morgan fingerprint density at radius 1 is 0.962 bits per heavy atom. The topological polar surface area (TPSA) is 88.6 Å². The van der Waals surface area contributed by atoms with E-state index in [9.17, 15) is 13.2 Å². The molecule has 0 spiro atoms. The van der Waals surface area contributed by atoms with Gasteiger partial charge in [0.1, 0.15) is 0 Å². The van der Waals surface area contributed by atoms with E-state index >= 15 is 0 Å². The van der Waals surface area contributed by atoms with Crippen molar-refractivity contribution in [3.63, 3.8) is 0 Å². The van der Waals surface area contributed by atoms with Crippen LogP contribution in [0.15, 0.2) is 12.1 Å². The zero-order valence-electron chi connectivity index (χ0n) is 16.3. The summed E-state index contributed by atoms with van der Waals surface area (Å²) in [6.07, 6.45) is 0. The van der Waals surface area contributed by atoms with Crippen LogP contribution in [0.2, 0.25) is 0 Å². The van der Waals surface area contributed by atoms with Crippen molar-refractivity contribution < 1.29 is 27.4 Å². The van der Waals surface area contributed by atoms with E-state index < -0.39 is 10.2 Å². The molecule has 1 aromatic carbocycles. The Morgan fingerprint density at radius 2 is 1.46 bits per heavy atom. The third-order valence-electron chi connectivity index (χ3n) is 3.78. The van der Waals surface area contributed by atoms with Crippen LogP contribution in [0.25, 0.3) is 0 Å². The number of likely N-dealkylation sites (N-methyl/N-ethyl adjacent to an activating group) is 2. The number of carbonyl (C=O) groups excluding carboxylic acids is 1. The van der Waals surface area contributed by atoms with Gasteiger partial charge in [-0.3, -0.25) is 4.79 Å². The number of ether oxygens (including phenoxy) is 3. The number of amides is 1. The molecule has 0 aromatic heterocycles. The molecule has 0 heterocycles. The van der Waals surface area contributed by atoms with Crippen molar-refractivity contribution in [2.45, 2.75) is 6.54 Å². The van der Waals surface area contributed by atoms with Crippen LogP contribution < -0.4 is 14.2 Å². The van der Waals surface area contributed by atoms with Crippen LogP contribution in [0.5, 0.6) is 17.2 Å². The Balaban J connectivity index is 2.93. The molecular weight excluding hydrogens is 362 g/mol. The molecule has 0 unspecified atom stereocenters. The van der Waals surface area contributed by atoms with Gasteiger partial charge in [-0.25, -0.2) is 0 Å². The fourth-order valence-electron chi connectivity index (χ4n) is 2.26. The molecule has 0 radical (unpaired) electrons. The molecule has 1 rings (SSSR count). The van der Waals surface area contributed by atoms with Crippen molar-refractivity contribution in [1.29, 1.82) is 0 Å². The van der Waals surface area contributed by atoms with Crippen molar-refractivity contribution in [1.82, 2.24) is 13.5 Å². The fourth-order valence-corrected chi connectivity index (χ4v) is 3.09. The molecule has 0 atom stereocenters. The molecule has 0 aliphatic heterocycles. The summed E-state index contributed by atoms with van der Waals surface area (Å²) in [7, 11) is 6.67. The molecule has 0 saturated heterocycles. The Morgan fingerprint density at radius 3 is 1.85 bits per heavy atom. The van der Waals surface area contributed by atoms with Crippen LogP contribution in [-0.4, -0.2) is 83.9 Å². The van der Waals surface area contributed by atoms with E-state index in [4.69, 9.17) is 14.2 Å². The maximum absolute atomic E-state index is 12.4. The summed E-state index contributed by atoms with van der Waals surface area (Å²) < 4.78 is 42.0. The maximum atomic E-state index is 12.4. The van der Waals surface area contributed by atoms with E-state index in [1.807, 2.05) is 0 Å². The van der Waals surface area contributed by atoms with Gasteiger partial charge in [0.15, 0.2) is 11.5 Å². The largest absolute Gasteiger partial charge is 0.493 e. The lowest BCUT2D eigenvalue weighted by Gasteiger charge is -2.24. The normalized spacial score (nSPS) is 11.6. The molecule has 0 saturated carbocycles. The number of nitrogens with zero attached hydrogens (tertiary/aromatic N) is 3. The van der Waals surface area contributed by atoms with Gasteiger partial charge in [-0.1, -0.05) is 0 Å². The second-order valence-corrected chi connectivity index (χ2v) is 8.08. The van der Waals surface area contributed by atoms with Crippen molar-refractivity contribution >= 4 is 16.1 Å². The molecule has 148 valence electrons. The van der Waals surface area contributed by atoms with Gasteiger partial charge in [-0.2, -0.15) is 17.0 Å². The molecule has 1 aromatic rings. The van der Waals surface area contributed by atoms with Gasteiger partial charge in [0.05, 0.1) is 27.9 Å². The standard InChI is InChI=1S/C16H27N3O6S/c1-17(2)26(21,22)19(4)11-15(20)18(3)10-12-8-13(23-5)16(25-7)14(9-12)24-6/h8-9H,10-11H2,1-7H3. The van der Waals surface area contributed by atoms with E-state index in [-0.39, 0.29) is 19.0 Å². The molecule has 10 heteroatoms. The molecule has 0 bridgehead atoms. The third kappa shape index (κ3) is 4.99. The van der Waals surface area contributed by atoms with Gasteiger partial charge >= 0.3 is 0 Å². The van der Waals surface area contributed by atoms with Crippen molar-refractivity contribution in [3.05, 3.63) is 17.7 Å². The second-order valence-electron chi connectivity index (χ2n) is 5.83. The average molecular weight is 389 g/mol. The summed E-state index contributed by atoms with van der Waals surface area (Å²) in [5, 5.41) is 0. The van der Waals surface area contributed by atoms with Gasteiger partial charge in [-0.15, -0.1) is 0 Å². The molecule has 0 fully saturated rings. The summed E-state index contributed by atoms with van der Waals surface area (Å²) in [5.41, 5.74) is 0.758. The highest BCUT2D eigenvalue weighted by molar-refractivity contribution is 7.86. The maximum Gasteiger partial charge on any atom is 0.281 e. The minimum absolute atomic E-state index is 0.255. The van der Waals surface area contributed by atoms with E-state index in [2.05, 4.69) is 0 Å². The Bertz CT molecular complexity index is 710. The number of methoxy groups -OCH3 is 3. The molecular formula is C16H27N3O6S. The zero-order valence-corrected chi connectivity index (χ0v) is 17.1. The van der Waals surface area contributed by atoms with Crippen LogP contribution in [0.4, 0.5) is 0 Å². The van der Waals surface area contributed by atoms with Gasteiger partial charge in [-0.05, 0) is 17.7 Å². The Labute approximate surface area is 155 Å². The summed E-state index contributed by atoms with van der Waals surface area (Å²) in [6.45, 7) is -0.00711. The minimum Gasteiger partial charge on any atom is -0.493 e. The highest BCUT2D eigenvalue weighted by Gasteiger charge is 2.24. The lowest BCUT2D eigenvalue weighted by atomic mass is 10.1. The third-order valence-corrected chi connectivity index (χ3v) is 5.62. The Kier molecular flexibility index (Phi) is 7.67. The predicted octanol–water partition coefficient (Wildman–Crippen LogP) is 0.409. The number of benzene rings is 1. The van der Waals surface area contributed by atoms with E-state index in [1.165, 1.54) is 47.4 Å². The molecule has 9 nitrogen and oxygen atoms in total. The molecule has 26 heavy (non-hydrogen) atoms. The monoisotopic (exact) mass is 389 g/mol. The summed E-state index contributed by atoms with van der Waals surface area (Å²) in [4.78, 5) is 13.8. The van der Waals surface area contributed by atoms with Crippen molar-refractivity contribution in [3.8, 4) is 17.2 Å². The first-order chi connectivity index (χ1) is 12.1. The zero-order chi connectivity index (χ0) is 20.1. The van der Waals surface area contributed by atoms with Crippen LogP contribution in [-0.2, 0) is 21.5 Å². The smallest absolute Gasteiger partial charge is 0.281 e. The molecule has 1 amide bonds. The lowest BCUT2D eigenvalue weighted by molar-refractivity contribution is -0.130. The van der Waals surface area contributed by atoms with Crippen LogP contribution in [0.3, 0.4) is 0 Å². The van der Waals surface area contributed by atoms with E-state index in [0.717, 1.165) is 14.2 Å². The number of hydrogen-bond acceptors (Lipinski definition) is 6. The van der Waals surface area contributed by atoms with Gasteiger partial charge in [0.2, 0.25) is 11.7 Å². The first kappa shape index (κ1) is 22.0. The van der Waals surface area contributed by atoms with E-state index in [0.29, 0.717) is 17.2 Å². The summed E-state index contributed by atoms with van der Waals surface area (Å²) in [6, 6.07) is 3.48. The predicted molar refractivity (Wildman–Crippen MR) is 97.8 cm³/mol. The highest BCUT2D eigenvalue weighted by atomic mass is 32.2. The molecule has 0 N–H and O–H groups in total. The second kappa shape index (κ2) is 9.06. The lowest BCUT2D eigenvalue weighted by Crippen LogP contribution is -2.43. The number of carbonyl (C=O) groups is 1. The highest BCUT2D eigenvalue weighted by Crippen LogP contribution is 2.38. The number of rotatable bonds is 9. The SMILES string of the molecule is COc1cc(CN(C)C(=O)CN(C)S(=O)(=O)N(C)C)cc(OC)c1OC. The van der Waals surface area contributed by atoms with Crippen LogP contribution >= 0.6 is 0 Å². The quantitative estimate of drug-likeness (QED) is 0.608. The first-order valence-corrected chi connectivity index (χ1v) is 9.14.